The molecule has 3 atom stereocenters. The van der Waals surface area contributed by atoms with E-state index in [1.165, 1.54) is 0 Å². The molecule has 3 N–H and O–H groups in total. The van der Waals surface area contributed by atoms with Crippen molar-refractivity contribution < 1.29 is 22.7 Å². The van der Waals surface area contributed by atoms with E-state index in [9.17, 15) is 13.2 Å². The normalized spacial score (nSPS) is 18.3. The van der Waals surface area contributed by atoms with E-state index in [4.69, 9.17) is 9.47 Å². The van der Waals surface area contributed by atoms with Crippen molar-refractivity contribution in [2.75, 3.05) is 40.0 Å². The molecular weight excluding hydrogens is 514 g/mol. The maximum atomic E-state index is 13.3. The molecule has 1 saturated heterocycles. The highest BCUT2D eigenvalue weighted by Crippen LogP contribution is 2.32. The van der Waals surface area contributed by atoms with Crippen molar-refractivity contribution in [1.29, 1.82) is 0 Å². The molecule has 9 heteroatoms. The van der Waals surface area contributed by atoms with Crippen LogP contribution in [0.5, 0.6) is 5.75 Å². The van der Waals surface area contributed by atoms with Gasteiger partial charge in [-0.15, -0.1) is 0 Å². The standard InChI is InChI=1S/C30H37N3O5S/c1-22-12-14-26(15-13-22)39(35,36)33-25-18-24(19-31-20-25)30(34)32-21-28(23-8-4-3-5-9-23)27-10-6-7-11-29(27)38-17-16-37-2/h3-15,24-25,28,31,33H,16-21H2,1-2H3,(H,32,34). The molecule has 3 unspecified atom stereocenters. The molecule has 1 fully saturated rings. The number of ether oxygens (including phenoxy) is 2. The monoisotopic (exact) mass is 551 g/mol. The van der Waals surface area contributed by atoms with Crippen LogP contribution in [0.2, 0.25) is 0 Å². The zero-order valence-corrected chi connectivity index (χ0v) is 23.2. The van der Waals surface area contributed by atoms with E-state index in [1.807, 2.05) is 61.5 Å². The molecule has 3 aromatic rings. The van der Waals surface area contributed by atoms with E-state index < -0.39 is 10.0 Å². The predicted molar refractivity (Wildman–Crippen MR) is 151 cm³/mol. The highest BCUT2D eigenvalue weighted by molar-refractivity contribution is 7.89. The van der Waals surface area contributed by atoms with Crippen LogP contribution in [-0.2, 0) is 19.6 Å². The van der Waals surface area contributed by atoms with Crippen LogP contribution < -0.4 is 20.1 Å². The van der Waals surface area contributed by atoms with Gasteiger partial charge >= 0.3 is 0 Å². The summed E-state index contributed by atoms with van der Waals surface area (Å²) in [6.07, 6.45) is 0.413. The van der Waals surface area contributed by atoms with E-state index in [2.05, 4.69) is 15.4 Å². The van der Waals surface area contributed by atoms with E-state index in [1.54, 1.807) is 31.4 Å². The number of benzene rings is 3. The average molecular weight is 552 g/mol. The molecule has 1 aliphatic heterocycles. The van der Waals surface area contributed by atoms with Crippen molar-refractivity contribution in [3.63, 3.8) is 0 Å². The van der Waals surface area contributed by atoms with Crippen LogP contribution >= 0.6 is 0 Å². The van der Waals surface area contributed by atoms with Crippen LogP contribution in [-0.4, -0.2) is 60.3 Å². The van der Waals surface area contributed by atoms with Gasteiger partial charge in [-0.2, -0.15) is 0 Å². The van der Waals surface area contributed by atoms with Gasteiger partial charge in [0.15, 0.2) is 0 Å². The number of carbonyl (C=O) groups excluding carboxylic acids is 1. The van der Waals surface area contributed by atoms with E-state index in [0.717, 1.165) is 22.4 Å². The second kappa shape index (κ2) is 13.7. The smallest absolute Gasteiger partial charge is 0.240 e. The van der Waals surface area contributed by atoms with Gasteiger partial charge in [-0.3, -0.25) is 4.79 Å². The van der Waals surface area contributed by atoms with Crippen LogP contribution in [0.1, 0.15) is 29.0 Å². The Morgan fingerprint density at radius 2 is 1.69 bits per heavy atom. The number of aryl methyl sites for hydroxylation is 1. The van der Waals surface area contributed by atoms with Gasteiger partial charge in [-0.1, -0.05) is 66.2 Å². The fourth-order valence-electron chi connectivity index (χ4n) is 4.81. The molecule has 0 radical (unpaired) electrons. The second-order valence-corrected chi connectivity index (χ2v) is 11.5. The molecule has 1 amide bonds. The lowest BCUT2D eigenvalue weighted by Gasteiger charge is -2.30. The molecule has 39 heavy (non-hydrogen) atoms. The topological polar surface area (TPSA) is 106 Å². The summed E-state index contributed by atoms with van der Waals surface area (Å²) in [7, 11) is -2.05. The van der Waals surface area contributed by atoms with E-state index in [0.29, 0.717) is 39.3 Å². The Hall–Kier alpha value is -3.24. The number of hydrogen-bond acceptors (Lipinski definition) is 6. The highest BCUT2D eigenvalue weighted by Gasteiger charge is 2.31. The molecule has 0 bridgehead atoms. The molecule has 0 aromatic heterocycles. The van der Waals surface area contributed by atoms with Crippen molar-refractivity contribution in [3.8, 4) is 5.75 Å². The number of amides is 1. The SMILES string of the molecule is COCCOc1ccccc1C(CNC(=O)C1CNCC(NS(=O)(=O)c2ccc(C)cc2)C1)c1ccccc1. The van der Waals surface area contributed by atoms with Crippen molar-refractivity contribution >= 4 is 15.9 Å². The minimum atomic E-state index is -3.68. The first kappa shape index (κ1) is 28.8. The predicted octanol–water partition coefficient (Wildman–Crippen LogP) is 3.22. The summed E-state index contributed by atoms with van der Waals surface area (Å²) < 4.78 is 39.7. The van der Waals surface area contributed by atoms with Crippen molar-refractivity contribution in [2.45, 2.75) is 30.2 Å². The molecule has 1 aliphatic rings. The van der Waals surface area contributed by atoms with Gasteiger partial charge in [0.25, 0.3) is 0 Å². The first-order chi connectivity index (χ1) is 18.9. The first-order valence-corrected chi connectivity index (χ1v) is 14.7. The highest BCUT2D eigenvalue weighted by atomic mass is 32.2. The van der Waals surface area contributed by atoms with Crippen LogP contribution in [0.4, 0.5) is 0 Å². The molecule has 3 aromatic carbocycles. The Morgan fingerprint density at radius 1 is 0.974 bits per heavy atom. The van der Waals surface area contributed by atoms with Crippen LogP contribution in [0.25, 0.3) is 0 Å². The summed E-state index contributed by atoms with van der Waals surface area (Å²) in [6.45, 7) is 4.14. The largest absolute Gasteiger partial charge is 0.491 e. The summed E-state index contributed by atoms with van der Waals surface area (Å²) in [4.78, 5) is 13.5. The lowest BCUT2D eigenvalue weighted by atomic mass is 9.89. The first-order valence-electron chi connectivity index (χ1n) is 13.2. The Morgan fingerprint density at radius 3 is 2.44 bits per heavy atom. The summed E-state index contributed by atoms with van der Waals surface area (Å²) in [6, 6.07) is 24.2. The third-order valence-electron chi connectivity index (χ3n) is 6.90. The lowest BCUT2D eigenvalue weighted by molar-refractivity contribution is -0.125. The van der Waals surface area contributed by atoms with Gasteiger partial charge in [0.2, 0.25) is 15.9 Å². The molecule has 0 aliphatic carbocycles. The fraction of sp³-hybridized carbons (Fsp3) is 0.367. The quantitative estimate of drug-likeness (QED) is 0.299. The summed E-state index contributed by atoms with van der Waals surface area (Å²) >= 11 is 0. The summed E-state index contributed by atoms with van der Waals surface area (Å²) in [5, 5.41) is 6.35. The number of hydrogen-bond donors (Lipinski definition) is 3. The Kier molecular flexibility index (Phi) is 10.1. The molecule has 1 heterocycles. The Balaban J connectivity index is 1.43. The van der Waals surface area contributed by atoms with Gasteiger partial charge in [0, 0.05) is 44.3 Å². The van der Waals surface area contributed by atoms with Crippen LogP contribution in [0, 0.1) is 12.8 Å². The van der Waals surface area contributed by atoms with Crippen molar-refractivity contribution in [3.05, 3.63) is 95.6 Å². The number of piperidine rings is 1. The van der Waals surface area contributed by atoms with Gasteiger partial charge in [0.05, 0.1) is 17.4 Å². The Bertz CT molecular complexity index is 1320. The zero-order chi connectivity index (χ0) is 27.7. The second-order valence-electron chi connectivity index (χ2n) is 9.81. The third kappa shape index (κ3) is 7.89. The number of methoxy groups -OCH3 is 1. The minimum Gasteiger partial charge on any atom is -0.491 e. The van der Waals surface area contributed by atoms with E-state index >= 15 is 0 Å². The Labute approximate surface area is 231 Å². The summed E-state index contributed by atoms with van der Waals surface area (Å²) in [5.41, 5.74) is 3.03. The maximum Gasteiger partial charge on any atom is 0.240 e. The van der Waals surface area contributed by atoms with E-state index in [-0.39, 0.29) is 28.7 Å². The molecular formula is C30H37N3O5S. The molecule has 208 valence electrons. The maximum absolute atomic E-state index is 13.3. The fourth-order valence-corrected chi connectivity index (χ4v) is 6.06. The summed E-state index contributed by atoms with van der Waals surface area (Å²) in [5.74, 6) is 0.151. The van der Waals surface area contributed by atoms with Gasteiger partial charge in [0.1, 0.15) is 12.4 Å². The number of carbonyl (C=O) groups is 1. The van der Waals surface area contributed by atoms with Crippen LogP contribution in [0.15, 0.2) is 83.8 Å². The minimum absolute atomic E-state index is 0.111. The van der Waals surface area contributed by atoms with Crippen molar-refractivity contribution in [2.24, 2.45) is 5.92 Å². The number of para-hydroxylation sites is 1. The zero-order valence-electron chi connectivity index (χ0n) is 22.4. The number of rotatable bonds is 12. The average Bonchev–Trinajstić information content (AvgIpc) is 2.94. The molecule has 8 nitrogen and oxygen atoms in total. The number of sulfonamides is 1. The van der Waals surface area contributed by atoms with Gasteiger partial charge in [-0.05, 0) is 37.1 Å². The third-order valence-corrected chi connectivity index (χ3v) is 8.43. The van der Waals surface area contributed by atoms with Gasteiger partial charge < -0.3 is 20.1 Å². The van der Waals surface area contributed by atoms with Gasteiger partial charge in [-0.25, -0.2) is 13.1 Å². The van der Waals surface area contributed by atoms with Crippen LogP contribution in [0.3, 0.4) is 0 Å². The molecule has 0 saturated carbocycles. The number of nitrogens with one attached hydrogen (secondary N) is 3. The lowest BCUT2D eigenvalue weighted by Crippen LogP contribution is -2.52. The molecule has 4 rings (SSSR count). The molecule has 0 spiro atoms. The van der Waals surface area contributed by atoms with Crippen molar-refractivity contribution in [1.82, 2.24) is 15.4 Å².